The summed E-state index contributed by atoms with van der Waals surface area (Å²) >= 11 is 0. The van der Waals surface area contributed by atoms with Crippen LogP contribution in [0.25, 0.3) is 11.1 Å². The SMILES string of the molecule is COC(C)(C(N)=O)C1c2ccccc2-c2ccccc21. The van der Waals surface area contributed by atoms with Gasteiger partial charge in [-0.25, -0.2) is 0 Å². The molecule has 0 aromatic heterocycles. The lowest BCUT2D eigenvalue weighted by atomic mass is 9.81. The monoisotopic (exact) mass is 267 g/mol. The molecule has 2 aromatic rings. The fourth-order valence-electron chi connectivity index (χ4n) is 3.11. The van der Waals surface area contributed by atoms with Gasteiger partial charge in [0.1, 0.15) is 0 Å². The van der Waals surface area contributed by atoms with Gasteiger partial charge in [-0.3, -0.25) is 4.79 Å². The summed E-state index contributed by atoms with van der Waals surface area (Å²) in [4.78, 5) is 12.0. The molecule has 2 aromatic carbocycles. The van der Waals surface area contributed by atoms with E-state index in [1.165, 1.54) is 7.11 Å². The summed E-state index contributed by atoms with van der Waals surface area (Å²) in [6, 6.07) is 16.2. The Labute approximate surface area is 118 Å². The number of primary amides is 1. The third-order valence-corrected chi connectivity index (χ3v) is 4.30. The van der Waals surface area contributed by atoms with Crippen molar-refractivity contribution < 1.29 is 9.53 Å². The van der Waals surface area contributed by atoms with Gasteiger partial charge in [0.05, 0.1) is 0 Å². The normalized spacial score (nSPS) is 16.3. The van der Waals surface area contributed by atoms with E-state index in [-0.39, 0.29) is 5.92 Å². The number of benzene rings is 2. The maximum atomic E-state index is 12.0. The largest absolute Gasteiger partial charge is 0.368 e. The average Bonchev–Trinajstić information content (AvgIpc) is 2.81. The van der Waals surface area contributed by atoms with Crippen LogP contribution >= 0.6 is 0 Å². The molecule has 0 saturated heterocycles. The average molecular weight is 267 g/mol. The number of carbonyl (C=O) groups is 1. The summed E-state index contributed by atoms with van der Waals surface area (Å²) in [6.45, 7) is 1.76. The van der Waals surface area contributed by atoms with E-state index in [0.717, 1.165) is 22.3 Å². The van der Waals surface area contributed by atoms with E-state index in [0.29, 0.717) is 0 Å². The molecule has 1 amide bonds. The molecule has 3 rings (SSSR count). The first-order valence-corrected chi connectivity index (χ1v) is 6.63. The number of hydrogen-bond donors (Lipinski definition) is 1. The minimum absolute atomic E-state index is 0.169. The Morgan fingerprint density at radius 2 is 1.50 bits per heavy atom. The quantitative estimate of drug-likeness (QED) is 0.929. The zero-order chi connectivity index (χ0) is 14.3. The van der Waals surface area contributed by atoms with Gasteiger partial charge in [-0.1, -0.05) is 48.5 Å². The first-order valence-electron chi connectivity index (χ1n) is 6.63. The number of rotatable bonds is 3. The lowest BCUT2D eigenvalue weighted by Crippen LogP contribution is -2.47. The second-order valence-electron chi connectivity index (χ2n) is 5.28. The smallest absolute Gasteiger partial charge is 0.250 e. The van der Waals surface area contributed by atoms with Crippen molar-refractivity contribution in [3.8, 4) is 11.1 Å². The van der Waals surface area contributed by atoms with Gasteiger partial charge in [0.2, 0.25) is 5.91 Å². The van der Waals surface area contributed by atoms with Crippen molar-refractivity contribution in [1.29, 1.82) is 0 Å². The van der Waals surface area contributed by atoms with Crippen LogP contribution in [0.5, 0.6) is 0 Å². The van der Waals surface area contributed by atoms with Crippen LogP contribution < -0.4 is 5.73 Å². The highest BCUT2D eigenvalue weighted by atomic mass is 16.5. The van der Waals surface area contributed by atoms with Crippen molar-refractivity contribution in [2.24, 2.45) is 5.73 Å². The number of methoxy groups -OCH3 is 1. The molecule has 0 aliphatic heterocycles. The number of hydrogen-bond acceptors (Lipinski definition) is 2. The van der Waals surface area contributed by atoms with Gasteiger partial charge in [-0.2, -0.15) is 0 Å². The molecule has 0 bridgehead atoms. The molecule has 3 nitrogen and oxygen atoms in total. The van der Waals surface area contributed by atoms with Crippen molar-refractivity contribution in [2.45, 2.75) is 18.4 Å². The molecule has 0 radical (unpaired) electrons. The van der Waals surface area contributed by atoms with Gasteiger partial charge >= 0.3 is 0 Å². The number of amides is 1. The van der Waals surface area contributed by atoms with Crippen molar-refractivity contribution >= 4 is 5.91 Å². The minimum Gasteiger partial charge on any atom is -0.368 e. The molecule has 102 valence electrons. The van der Waals surface area contributed by atoms with Gasteiger partial charge in [-0.05, 0) is 29.2 Å². The van der Waals surface area contributed by atoms with Gasteiger partial charge in [-0.15, -0.1) is 0 Å². The Morgan fingerprint density at radius 3 is 1.90 bits per heavy atom. The Bertz CT molecular complexity index is 635. The molecular formula is C17H17NO2. The highest BCUT2D eigenvalue weighted by Crippen LogP contribution is 2.50. The van der Waals surface area contributed by atoms with Gasteiger partial charge < -0.3 is 10.5 Å². The summed E-state index contributed by atoms with van der Waals surface area (Å²) < 4.78 is 5.52. The Morgan fingerprint density at radius 1 is 1.05 bits per heavy atom. The number of carbonyl (C=O) groups excluding carboxylic acids is 1. The van der Waals surface area contributed by atoms with E-state index in [4.69, 9.17) is 10.5 Å². The maximum absolute atomic E-state index is 12.0. The van der Waals surface area contributed by atoms with Crippen molar-refractivity contribution in [1.82, 2.24) is 0 Å². The van der Waals surface area contributed by atoms with Gasteiger partial charge in [0.15, 0.2) is 5.60 Å². The molecule has 20 heavy (non-hydrogen) atoms. The van der Waals surface area contributed by atoms with E-state index in [2.05, 4.69) is 12.1 Å². The molecule has 0 heterocycles. The summed E-state index contributed by atoms with van der Waals surface area (Å²) in [5.41, 5.74) is 9.05. The predicted molar refractivity (Wildman–Crippen MR) is 78.3 cm³/mol. The zero-order valence-corrected chi connectivity index (χ0v) is 11.6. The topological polar surface area (TPSA) is 52.3 Å². The molecule has 0 saturated carbocycles. The van der Waals surface area contributed by atoms with E-state index in [1.54, 1.807) is 6.92 Å². The van der Waals surface area contributed by atoms with Crippen molar-refractivity contribution in [3.63, 3.8) is 0 Å². The van der Waals surface area contributed by atoms with Crippen LogP contribution in [-0.2, 0) is 9.53 Å². The highest BCUT2D eigenvalue weighted by Gasteiger charge is 2.46. The van der Waals surface area contributed by atoms with Gasteiger partial charge in [0, 0.05) is 13.0 Å². The summed E-state index contributed by atoms with van der Waals surface area (Å²) in [5, 5.41) is 0. The Kier molecular flexibility index (Phi) is 2.87. The van der Waals surface area contributed by atoms with E-state index in [9.17, 15) is 4.79 Å². The van der Waals surface area contributed by atoms with Crippen LogP contribution in [0.4, 0.5) is 0 Å². The van der Waals surface area contributed by atoms with E-state index >= 15 is 0 Å². The molecule has 1 atom stereocenters. The van der Waals surface area contributed by atoms with Crippen molar-refractivity contribution in [2.75, 3.05) is 7.11 Å². The molecule has 2 N–H and O–H groups in total. The first kappa shape index (κ1) is 12.9. The standard InChI is InChI=1S/C17H17NO2/c1-17(20-2,16(18)19)15-13-9-5-3-7-11(13)12-8-4-6-10-14(12)15/h3-10,15H,1-2H3,(H2,18,19). The molecule has 1 unspecified atom stereocenters. The molecule has 1 aliphatic rings. The van der Waals surface area contributed by atoms with Crippen molar-refractivity contribution in [3.05, 3.63) is 59.7 Å². The van der Waals surface area contributed by atoms with Crippen LogP contribution in [0.2, 0.25) is 0 Å². The van der Waals surface area contributed by atoms with Crippen LogP contribution in [0, 0.1) is 0 Å². The molecule has 1 aliphatic carbocycles. The van der Waals surface area contributed by atoms with Crippen LogP contribution in [0.3, 0.4) is 0 Å². The third kappa shape index (κ3) is 1.60. The Balaban J connectivity index is 2.29. The maximum Gasteiger partial charge on any atom is 0.250 e. The van der Waals surface area contributed by atoms with Gasteiger partial charge in [0.25, 0.3) is 0 Å². The third-order valence-electron chi connectivity index (χ3n) is 4.30. The summed E-state index contributed by atoms with van der Waals surface area (Å²) in [6.07, 6.45) is 0. The summed E-state index contributed by atoms with van der Waals surface area (Å²) in [7, 11) is 1.54. The molecule has 3 heteroatoms. The highest BCUT2D eigenvalue weighted by molar-refractivity contribution is 5.89. The lowest BCUT2D eigenvalue weighted by molar-refractivity contribution is -0.139. The second-order valence-corrected chi connectivity index (χ2v) is 5.28. The van der Waals surface area contributed by atoms with E-state index in [1.807, 2.05) is 36.4 Å². The predicted octanol–water partition coefficient (Wildman–Crippen LogP) is 2.69. The van der Waals surface area contributed by atoms with Crippen LogP contribution in [-0.4, -0.2) is 18.6 Å². The number of nitrogens with two attached hydrogens (primary N) is 1. The first-order chi connectivity index (χ1) is 9.59. The second kappa shape index (κ2) is 4.46. The number of ether oxygens (including phenoxy) is 1. The lowest BCUT2D eigenvalue weighted by Gasteiger charge is -2.32. The molecular weight excluding hydrogens is 250 g/mol. The van der Waals surface area contributed by atoms with Crippen LogP contribution in [0.1, 0.15) is 24.0 Å². The molecule has 0 fully saturated rings. The number of fused-ring (bicyclic) bond motifs is 3. The summed E-state index contributed by atoms with van der Waals surface area (Å²) in [5.74, 6) is -0.617. The minimum atomic E-state index is -1.05. The van der Waals surface area contributed by atoms with E-state index < -0.39 is 11.5 Å². The zero-order valence-electron chi connectivity index (χ0n) is 11.6. The van der Waals surface area contributed by atoms with Crippen LogP contribution in [0.15, 0.2) is 48.5 Å². The fourth-order valence-corrected chi connectivity index (χ4v) is 3.11. The molecule has 0 spiro atoms. The Hall–Kier alpha value is -2.13. The fraction of sp³-hybridized carbons (Fsp3) is 0.235.